The van der Waals surface area contributed by atoms with Crippen LogP contribution in [0.1, 0.15) is 25.5 Å². The molecule has 4 heteroatoms. The Balaban J connectivity index is 1.97. The van der Waals surface area contributed by atoms with Gasteiger partial charge in [-0.15, -0.1) is 0 Å². The minimum absolute atomic E-state index is 0.877. The van der Waals surface area contributed by atoms with Gasteiger partial charge in [-0.25, -0.2) is 0 Å². The van der Waals surface area contributed by atoms with E-state index in [1.165, 1.54) is 19.4 Å². The summed E-state index contributed by atoms with van der Waals surface area (Å²) < 4.78 is 0. The van der Waals surface area contributed by atoms with Crippen molar-refractivity contribution in [2.45, 2.75) is 26.3 Å². The predicted octanol–water partition coefficient (Wildman–Crippen LogP) is 1.23. The van der Waals surface area contributed by atoms with Gasteiger partial charge in [0.2, 0.25) is 0 Å². The molecule has 4 nitrogen and oxygen atoms in total. The van der Waals surface area contributed by atoms with E-state index < -0.39 is 0 Å². The van der Waals surface area contributed by atoms with E-state index in [4.69, 9.17) is 0 Å². The number of rotatable bonds is 8. The first kappa shape index (κ1) is 12.2. The molecule has 0 saturated carbocycles. The van der Waals surface area contributed by atoms with Crippen LogP contribution in [0.15, 0.2) is 12.3 Å². The summed E-state index contributed by atoms with van der Waals surface area (Å²) in [6.07, 6.45) is 4.34. The van der Waals surface area contributed by atoms with Crippen LogP contribution >= 0.6 is 0 Å². The van der Waals surface area contributed by atoms with Gasteiger partial charge < -0.3 is 10.2 Å². The van der Waals surface area contributed by atoms with Gasteiger partial charge in [0.05, 0.1) is 0 Å². The molecule has 0 radical (unpaired) electrons. The van der Waals surface area contributed by atoms with Crippen LogP contribution in [0.4, 0.5) is 0 Å². The molecule has 1 aromatic rings. The zero-order chi connectivity index (χ0) is 10.9. The van der Waals surface area contributed by atoms with Crippen LogP contribution < -0.4 is 5.32 Å². The number of hydrogen-bond donors (Lipinski definition) is 2. The molecule has 0 aromatic carbocycles. The Morgan fingerprint density at radius 3 is 3.00 bits per heavy atom. The lowest BCUT2D eigenvalue weighted by Crippen LogP contribution is -2.29. The van der Waals surface area contributed by atoms with Crippen LogP contribution in [0.5, 0.6) is 0 Å². The molecule has 0 aliphatic rings. The zero-order valence-corrected chi connectivity index (χ0v) is 9.79. The molecule has 0 fully saturated rings. The number of nitrogens with one attached hydrogen (secondary N) is 2. The average molecular weight is 210 g/mol. The molecule has 0 aliphatic heterocycles. The van der Waals surface area contributed by atoms with Gasteiger partial charge in [0.15, 0.2) is 0 Å². The number of H-pyrrole nitrogens is 1. The van der Waals surface area contributed by atoms with Crippen molar-refractivity contribution in [3.8, 4) is 0 Å². The first-order valence-corrected chi connectivity index (χ1v) is 5.70. The lowest BCUT2D eigenvalue weighted by Gasteiger charge is -2.15. The second-order valence-electron chi connectivity index (χ2n) is 3.92. The third-order valence-corrected chi connectivity index (χ3v) is 2.44. The van der Waals surface area contributed by atoms with Gasteiger partial charge in [0.1, 0.15) is 0 Å². The number of hydrogen-bond acceptors (Lipinski definition) is 3. The van der Waals surface area contributed by atoms with E-state index in [1.807, 2.05) is 6.07 Å². The maximum absolute atomic E-state index is 3.90. The van der Waals surface area contributed by atoms with Crippen molar-refractivity contribution in [2.75, 3.05) is 26.7 Å². The molecule has 15 heavy (non-hydrogen) atoms. The molecule has 0 saturated heterocycles. The number of aromatic nitrogens is 2. The first-order valence-electron chi connectivity index (χ1n) is 5.70. The van der Waals surface area contributed by atoms with Crippen LogP contribution in [0.2, 0.25) is 0 Å². The van der Waals surface area contributed by atoms with Gasteiger partial charge in [0, 0.05) is 31.5 Å². The third-order valence-electron chi connectivity index (χ3n) is 2.44. The molecular formula is C11H22N4. The van der Waals surface area contributed by atoms with Crippen molar-refractivity contribution in [1.82, 2.24) is 20.4 Å². The van der Waals surface area contributed by atoms with Crippen molar-refractivity contribution in [3.05, 3.63) is 18.0 Å². The highest BCUT2D eigenvalue weighted by Gasteiger charge is 1.97. The van der Waals surface area contributed by atoms with Crippen LogP contribution in [-0.4, -0.2) is 41.8 Å². The molecule has 0 aliphatic carbocycles. The molecule has 86 valence electrons. The Kier molecular flexibility index (Phi) is 6.04. The van der Waals surface area contributed by atoms with E-state index in [0.717, 1.165) is 25.3 Å². The van der Waals surface area contributed by atoms with Crippen molar-refractivity contribution < 1.29 is 0 Å². The molecule has 0 amide bonds. The third kappa shape index (κ3) is 5.54. The summed E-state index contributed by atoms with van der Waals surface area (Å²) in [5, 5.41) is 10.2. The topological polar surface area (TPSA) is 44.0 Å². The van der Waals surface area contributed by atoms with Gasteiger partial charge >= 0.3 is 0 Å². The Morgan fingerprint density at radius 1 is 1.47 bits per heavy atom. The van der Waals surface area contributed by atoms with E-state index in [9.17, 15) is 0 Å². The minimum Gasteiger partial charge on any atom is -0.310 e. The second kappa shape index (κ2) is 7.43. The van der Waals surface area contributed by atoms with E-state index >= 15 is 0 Å². The normalized spacial score (nSPS) is 11.1. The molecule has 0 bridgehead atoms. The Bertz CT molecular complexity index is 233. The fraction of sp³-hybridized carbons (Fsp3) is 0.727. The summed E-state index contributed by atoms with van der Waals surface area (Å²) >= 11 is 0. The summed E-state index contributed by atoms with van der Waals surface area (Å²) in [5.41, 5.74) is 1.14. The Morgan fingerprint density at radius 2 is 2.33 bits per heavy atom. The molecule has 1 aromatic heterocycles. The highest BCUT2D eigenvalue weighted by molar-refractivity contribution is 4.96. The summed E-state index contributed by atoms with van der Waals surface area (Å²) in [7, 11) is 2.17. The SMILES string of the molecule is CCCCN(C)CCNCc1ccn[nH]1. The van der Waals surface area contributed by atoms with Crippen molar-refractivity contribution in [2.24, 2.45) is 0 Å². The largest absolute Gasteiger partial charge is 0.310 e. The predicted molar refractivity (Wildman–Crippen MR) is 62.7 cm³/mol. The summed E-state index contributed by atoms with van der Waals surface area (Å²) in [5.74, 6) is 0. The fourth-order valence-corrected chi connectivity index (χ4v) is 1.42. The van der Waals surface area contributed by atoms with E-state index in [1.54, 1.807) is 6.20 Å². The van der Waals surface area contributed by atoms with Crippen molar-refractivity contribution >= 4 is 0 Å². The number of likely N-dealkylation sites (N-methyl/N-ethyl adjacent to an activating group) is 1. The summed E-state index contributed by atoms with van der Waals surface area (Å²) in [6, 6.07) is 1.99. The quantitative estimate of drug-likeness (QED) is 0.634. The van der Waals surface area contributed by atoms with Gasteiger partial charge in [-0.2, -0.15) is 5.10 Å². The minimum atomic E-state index is 0.877. The highest BCUT2D eigenvalue weighted by Crippen LogP contribution is 1.91. The highest BCUT2D eigenvalue weighted by atomic mass is 15.1. The zero-order valence-electron chi connectivity index (χ0n) is 9.79. The molecular weight excluding hydrogens is 188 g/mol. The van der Waals surface area contributed by atoms with E-state index in [-0.39, 0.29) is 0 Å². The van der Waals surface area contributed by atoms with Crippen LogP contribution in [-0.2, 0) is 6.54 Å². The van der Waals surface area contributed by atoms with Gasteiger partial charge in [-0.1, -0.05) is 13.3 Å². The summed E-state index contributed by atoms with van der Waals surface area (Å²) in [6.45, 7) is 6.43. The average Bonchev–Trinajstić information content (AvgIpc) is 2.74. The summed E-state index contributed by atoms with van der Waals surface area (Å²) in [4.78, 5) is 2.36. The van der Waals surface area contributed by atoms with Crippen LogP contribution in [0.3, 0.4) is 0 Å². The van der Waals surface area contributed by atoms with E-state index in [0.29, 0.717) is 0 Å². The van der Waals surface area contributed by atoms with E-state index in [2.05, 4.69) is 34.4 Å². The Hall–Kier alpha value is -0.870. The molecule has 0 spiro atoms. The molecule has 2 N–H and O–H groups in total. The van der Waals surface area contributed by atoms with Gasteiger partial charge in [-0.3, -0.25) is 5.10 Å². The number of nitrogens with zero attached hydrogens (tertiary/aromatic N) is 2. The molecule has 1 heterocycles. The van der Waals surface area contributed by atoms with Gasteiger partial charge in [-0.05, 0) is 26.1 Å². The fourth-order valence-electron chi connectivity index (χ4n) is 1.42. The molecule has 0 atom stereocenters. The van der Waals surface area contributed by atoms with Crippen molar-refractivity contribution in [1.29, 1.82) is 0 Å². The molecule has 1 rings (SSSR count). The lowest BCUT2D eigenvalue weighted by molar-refractivity contribution is 0.325. The first-order chi connectivity index (χ1) is 7.33. The number of aromatic amines is 1. The smallest absolute Gasteiger partial charge is 0.0490 e. The van der Waals surface area contributed by atoms with Crippen LogP contribution in [0, 0.1) is 0 Å². The van der Waals surface area contributed by atoms with Crippen LogP contribution in [0.25, 0.3) is 0 Å². The van der Waals surface area contributed by atoms with Gasteiger partial charge in [0.25, 0.3) is 0 Å². The maximum atomic E-state index is 3.90. The lowest BCUT2D eigenvalue weighted by atomic mass is 10.3. The standard InChI is InChI=1S/C11H22N4/c1-3-4-8-15(2)9-7-12-10-11-5-6-13-14-11/h5-6,12H,3-4,7-10H2,1-2H3,(H,13,14). The Labute approximate surface area is 92.1 Å². The second-order valence-corrected chi connectivity index (χ2v) is 3.92. The monoisotopic (exact) mass is 210 g/mol. The van der Waals surface area contributed by atoms with Crippen molar-refractivity contribution in [3.63, 3.8) is 0 Å². The molecule has 0 unspecified atom stereocenters. The maximum Gasteiger partial charge on any atom is 0.0490 e. The number of unbranched alkanes of at least 4 members (excludes halogenated alkanes) is 1.